The van der Waals surface area contributed by atoms with E-state index in [4.69, 9.17) is 4.74 Å². The van der Waals surface area contributed by atoms with Crippen LogP contribution in [0.1, 0.15) is 46.6 Å². The minimum atomic E-state index is -0.473. The van der Waals surface area contributed by atoms with Crippen molar-refractivity contribution in [1.82, 2.24) is 4.90 Å². The summed E-state index contributed by atoms with van der Waals surface area (Å²) < 4.78 is 5.35. The standard InChI is InChI=1S/C16H21NO3.C2H6/c1-16(2,3)20-15(19)17-10-8-12(9-11-17)13-6-4-5-7-14(13)18;1-2/h4-8,18H,9-11H2,1-3H3;1-2H3. The van der Waals surface area contributed by atoms with Crippen molar-refractivity contribution in [3.8, 4) is 5.75 Å². The number of phenols is 1. The molecule has 0 bridgehead atoms. The first-order chi connectivity index (χ1) is 10.4. The Labute approximate surface area is 133 Å². The van der Waals surface area contributed by atoms with Crippen molar-refractivity contribution in [3.05, 3.63) is 35.9 Å². The van der Waals surface area contributed by atoms with Gasteiger partial charge in [-0.15, -0.1) is 0 Å². The second kappa shape index (κ2) is 7.87. The Balaban J connectivity index is 0.00000116. The van der Waals surface area contributed by atoms with Crippen LogP contribution in [0.2, 0.25) is 0 Å². The highest BCUT2D eigenvalue weighted by Gasteiger charge is 2.24. The Kier molecular flexibility index (Phi) is 6.47. The van der Waals surface area contributed by atoms with Crippen molar-refractivity contribution in [1.29, 1.82) is 0 Å². The van der Waals surface area contributed by atoms with E-state index in [1.807, 2.05) is 52.8 Å². The molecule has 0 aliphatic carbocycles. The average molecular weight is 305 g/mol. The van der Waals surface area contributed by atoms with Gasteiger partial charge in [-0.25, -0.2) is 4.79 Å². The number of carbonyl (C=O) groups is 1. The van der Waals surface area contributed by atoms with E-state index in [-0.39, 0.29) is 11.8 Å². The summed E-state index contributed by atoms with van der Waals surface area (Å²) in [4.78, 5) is 13.6. The smallest absolute Gasteiger partial charge is 0.410 e. The number of ether oxygens (including phenoxy) is 1. The minimum Gasteiger partial charge on any atom is -0.507 e. The van der Waals surface area contributed by atoms with Crippen LogP contribution in [0, 0.1) is 0 Å². The predicted octanol–water partition coefficient (Wildman–Crippen LogP) is 4.44. The summed E-state index contributed by atoms with van der Waals surface area (Å²) in [6.45, 7) is 10.7. The molecule has 1 N–H and O–H groups in total. The van der Waals surface area contributed by atoms with Gasteiger partial charge in [-0.1, -0.05) is 38.1 Å². The van der Waals surface area contributed by atoms with Crippen LogP contribution in [0.5, 0.6) is 5.75 Å². The first-order valence-corrected chi connectivity index (χ1v) is 7.82. The number of phenolic OH excluding ortho intramolecular Hbond substituents is 1. The Morgan fingerprint density at radius 3 is 2.36 bits per heavy atom. The van der Waals surface area contributed by atoms with Crippen molar-refractivity contribution in [3.63, 3.8) is 0 Å². The third-order valence-electron chi connectivity index (χ3n) is 3.11. The fraction of sp³-hybridized carbons (Fsp3) is 0.500. The second-order valence-corrected chi connectivity index (χ2v) is 5.92. The number of benzene rings is 1. The van der Waals surface area contributed by atoms with Crippen LogP contribution in [0.4, 0.5) is 4.79 Å². The van der Waals surface area contributed by atoms with Gasteiger partial charge < -0.3 is 14.7 Å². The molecule has 1 aromatic carbocycles. The highest BCUT2D eigenvalue weighted by Crippen LogP contribution is 2.29. The quantitative estimate of drug-likeness (QED) is 0.834. The zero-order valence-electron chi connectivity index (χ0n) is 14.2. The van der Waals surface area contributed by atoms with Gasteiger partial charge >= 0.3 is 6.09 Å². The van der Waals surface area contributed by atoms with Gasteiger partial charge in [0.1, 0.15) is 11.4 Å². The van der Waals surface area contributed by atoms with Gasteiger partial charge in [0.05, 0.1) is 0 Å². The molecule has 0 fully saturated rings. The number of hydrogen-bond acceptors (Lipinski definition) is 3. The molecule has 0 radical (unpaired) electrons. The molecule has 1 amide bonds. The van der Waals surface area contributed by atoms with E-state index in [0.717, 1.165) is 17.6 Å². The van der Waals surface area contributed by atoms with Gasteiger partial charge in [-0.2, -0.15) is 0 Å². The first-order valence-electron chi connectivity index (χ1n) is 7.82. The van der Waals surface area contributed by atoms with Gasteiger partial charge in [0.15, 0.2) is 0 Å². The van der Waals surface area contributed by atoms with Crippen LogP contribution < -0.4 is 0 Å². The predicted molar refractivity (Wildman–Crippen MR) is 89.9 cm³/mol. The van der Waals surface area contributed by atoms with Crippen LogP contribution >= 0.6 is 0 Å². The van der Waals surface area contributed by atoms with Crippen molar-refractivity contribution in [2.75, 3.05) is 13.1 Å². The highest BCUT2D eigenvalue weighted by atomic mass is 16.6. The van der Waals surface area contributed by atoms with E-state index in [9.17, 15) is 9.90 Å². The fourth-order valence-electron chi connectivity index (χ4n) is 2.15. The number of carbonyl (C=O) groups excluding carboxylic acids is 1. The van der Waals surface area contributed by atoms with Gasteiger partial charge in [0.25, 0.3) is 0 Å². The molecule has 0 atom stereocenters. The van der Waals surface area contributed by atoms with Gasteiger partial charge in [0.2, 0.25) is 0 Å². The van der Waals surface area contributed by atoms with Crippen LogP contribution in [-0.4, -0.2) is 34.8 Å². The molecule has 122 valence electrons. The Bertz CT molecular complexity index is 529. The van der Waals surface area contributed by atoms with Crippen molar-refractivity contribution >= 4 is 11.7 Å². The lowest BCUT2D eigenvalue weighted by atomic mass is 9.99. The van der Waals surface area contributed by atoms with Crippen molar-refractivity contribution in [2.24, 2.45) is 0 Å². The topological polar surface area (TPSA) is 49.8 Å². The molecule has 2 rings (SSSR count). The van der Waals surface area contributed by atoms with Crippen LogP contribution in [0.25, 0.3) is 5.57 Å². The Hall–Kier alpha value is -1.97. The lowest BCUT2D eigenvalue weighted by molar-refractivity contribution is 0.0270. The van der Waals surface area contributed by atoms with Gasteiger partial charge in [-0.05, 0) is 38.8 Å². The maximum atomic E-state index is 11.9. The molecular weight excluding hydrogens is 278 g/mol. The lowest BCUT2D eigenvalue weighted by Gasteiger charge is -2.29. The highest BCUT2D eigenvalue weighted by molar-refractivity contribution is 5.74. The van der Waals surface area contributed by atoms with E-state index in [1.54, 1.807) is 17.0 Å². The molecular formula is C18H27NO3. The van der Waals surface area contributed by atoms with Gasteiger partial charge in [0, 0.05) is 18.7 Å². The molecule has 1 heterocycles. The largest absolute Gasteiger partial charge is 0.507 e. The molecule has 0 saturated heterocycles. The maximum absolute atomic E-state index is 11.9. The number of amides is 1. The average Bonchev–Trinajstić information content (AvgIpc) is 2.48. The van der Waals surface area contributed by atoms with Crippen LogP contribution in [0.3, 0.4) is 0 Å². The molecule has 4 nitrogen and oxygen atoms in total. The molecule has 0 saturated carbocycles. The number of aromatic hydroxyl groups is 1. The minimum absolute atomic E-state index is 0.282. The van der Waals surface area contributed by atoms with E-state index in [2.05, 4.69) is 0 Å². The summed E-state index contributed by atoms with van der Waals surface area (Å²) in [5.41, 5.74) is 1.44. The van der Waals surface area contributed by atoms with E-state index in [1.165, 1.54) is 0 Å². The Morgan fingerprint density at radius 1 is 1.23 bits per heavy atom. The summed E-state index contributed by atoms with van der Waals surface area (Å²) in [6.07, 6.45) is 2.41. The summed E-state index contributed by atoms with van der Waals surface area (Å²) in [5, 5.41) is 9.84. The van der Waals surface area contributed by atoms with Crippen molar-refractivity contribution < 1.29 is 14.6 Å². The summed E-state index contributed by atoms with van der Waals surface area (Å²) in [5.74, 6) is 0.282. The number of nitrogens with zero attached hydrogens (tertiary/aromatic N) is 1. The van der Waals surface area contributed by atoms with E-state index < -0.39 is 5.60 Å². The number of rotatable bonds is 1. The van der Waals surface area contributed by atoms with E-state index in [0.29, 0.717) is 13.1 Å². The molecule has 1 aliphatic rings. The van der Waals surface area contributed by atoms with Gasteiger partial charge in [-0.3, -0.25) is 0 Å². The summed E-state index contributed by atoms with van der Waals surface area (Å²) >= 11 is 0. The molecule has 1 aromatic rings. The molecule has 22 heavy (non-hydrogen) atoms. The number of hydrogen-bond donors (Lipinski definition) is 1. The monoisotopic (exact) mass is 305 g/mol. The maximum Gasteiger partial charge on any atom is 0.410 e. The molecule has 0 aromatic heterocycles. The number of para-hydroxylation sites is 1. The summed E-state index contributed by atoms with van der Waals surface area (Å²) in [7, 11) is 0. The van der Waals surface area contributed by atoms with E-state index >= 15 is 0 Å². The molecule has 4 heteroatoms. The SMILES string of the molecule is CC.CC(C)(C)OC(=O)N1CC=C(c2ccccc2O)CC1. The summed E-state index contributed by atoms with van der Waals surface area (Å²) in [6, 6.07) is 7.27. The molecule has 0 unspecified atom stereocenters. The van der Waals surface area contributed by atoms with Crippen LogP contribution in [-0.2, 0) is 4.74 Å². The van der Waals surface area contributed by atoms with Crippen LogP contribution in [0.15, 0.2) is 30.3 Å². The normalized spacial score (nSPS) is 14.6. The molecule has 1 aliphatic heterocycles. The molecule has 0 spiro atoms. The first kappa shape index (κ1) is 18.1. The lowest BCUT2D eigenvalue weighted by Crippen LogP contribution is -2.39. The third-order valence-corrected chi connectivity index (χ3v) is 3.11. The second-order valence-electron chi connectivity index (χ2n) is 5.92. The zero-order chi connectivity index (χ0) is 16.8. The zero-order valence-corrected chi connectivity index (χ0v) is 14.2. The Morgan fingerprint density at radius 2 is 1.86 bits per heavy atom. The fourth-order valence-corrected chi connectivity index (χ4v) is 2.15. The van der Waals surface area contributed by atoms with Crippen molar-refractivity contribution in [2.45, 2.75) is 46.6 Å². The third kappa shape index (κ3) is 5.10.